The first-order chi connectivity index (χ1) is 12.9. The van der Waals surface area contributed by atoms with Gasteiger partial charge in [0.2, 0.25) is 9.84 Å². The molecule has 0 N–H and O–H groups in total. The first-order valence-corrected chi connectivity index (χ1v) is 11.4. The predicted molar refractivity (Wildman–Crippen MR) is 112 cm³/mol. The zero-order chi connectivity index (χ0) is 21.2. The van der Waals surface area contributed by atoms with Crippen molar-refractivity contribution in [2.75, 3.05) is 27.1 Å². The standard InChI is InChI=1S/C20H28Cl2O5S/c1-19(2)6-7-20(3,4)18-15(19)10-14(28(23,24)12-17(21)22)11-16(18)27-13-26-9-8-25-5/h10-12H,6-9,13H2,1-5H3. The molecule has 0 atom stereocenters. The van der Waals surface area contributed by atoms with Crippen LogP contribution in [0.15, 0.2) is 26.9 Å². The van der Waals surface area contributed by atoms with Crippen LogP contribution in [0.2, 0.25) is 0 Å². The molecule has 0 saturated heterocycles. The lowest BCUT2D eigenvalue weighted by Crippen LogP contribution is -2.34. The lowest BCUT2D eigenvalue weighted by molar-refractivity contribution is -0.00963. The van der Waals surface area contributed by atoms with Crippen LogP contribution in [-0.2, 0) is 30.1 Å². The number of sulfone groups is 1. The Balaban J connectivity index is 2.57. The van der Waals surface area contributed by atoms with E-state index in [1.807, 2.05) is 0 Å². The molecule has 0 heterocycles. The van der Waals surface area contributed by atoms with E-state index in [2.05, 4.69) is 27.7 Å². The average molecular weight is 451 g/mol. The third-order valence-electron chi connectivity index (χ3n) is 5.16. The van der Waals surface area contributed by atoms with E-state index in [4.69, 9.17) is 37.4 Å². The van der Waals surface area contributed by atoms with E-state index in [1.165, 1.54) is 6.07 Å². The quantitative estimate of drug-likeness (QED) is 0.407. The smallest absolute Gasteiger partial charge is 0.202 e. The molecule has 8 heteroatoms. The maximum Gasteiger partial charge on any atom is 0.202 e. The minimum absolute atomic E-state index is 0.00190. The van der Waals surface area contributed by atoms with Crippen molar-refractivity contribution < 1.29 is 22.6 Å². The molecule has 0 spiro atoms. The molecule has 158 valence electrons. The summed E-state index contributed by atoms with van der Waals surface area (Å²) in [6, 6.07) is 3.25. The zero-order valence-electron chi connectivity index (χ0n) is 17.0. The van der Waals surface area contributed by atoms with Crippen molar-refractivity contribution in [2.24, 2.45) is 0 Å². The lowest BCUT2D eigenvalue weighted by atomic mass is 9.63. The largest absolute Gasteiger partial charge is 0.467 e. The number of rotatable bonds is 8. The second-order valence-corrected chi connectivity index (χ2v) is 11.0. The number of hydrogen-bond acceptors (Lipinski definition) is 5. The topological polar surface area (TPSA) is 61.8 Å². The van der Waals surface area contributed by atoms with Crippen LogP contribution in [0.1, 0.15) is 51.7 Å². The maximum absolute atomic E-state index is 12.7. The summed E-state index contributed by atoms with van der Waals surface area (Å²) in [5.74, 6) is 0.505. The molecule has 0 radical (unpaired) electrons. The monoisotopic (exact) mass is 450 g/mol. The summed E-state index contributed by atoms with van der Waals surface area (Å²) < 4.78 is 41.4. The fraction of sp³-hybridized carbons (Fsp3) is 0.600. The fourth-order valence-corrected chi connectivity index (χ4v) is 5.10. The average Bonchev–Trinajstić information content (AvgIpc) is 2.57. The van der Waals surface area contributed by atoms with Gasteiger partial charge in [0.1, 0.15) is 10.2 Å². The molecule has 28 heavy (non-hydrogen) atoms. The zero-order valence-corrected chi connectivity index (χ0v) is 19.3. The molecule has 0 saturated carbocycles. The van der Waals surface area contributed by atoms with Gasteiger partial charge in [0, 0.05) is 12.7 Å². The molecule has 0 bridgehead atoms. The molecular formula is C20H28Cl2O5S. The Kier molecular flexibility index (Phi) is 7.48. The van der Waals surface area contributed by atoms with Crippen LogP contribution in [0, 0.1) is 0 Å². The van der Waals surface area contributed by atoms with Gasteiger partial charge in [0.25, 0.3) is 0 Å². The molecular weight excluding hydrogens is 423 g/mol. The van der Waals surface area contributed by atoms with E-state index in [-0.39, 0.29) is 27.0 Å². The van der Waals surface area contributed by atoms with Crippen LogP contribution in [0.3, 0.4) is 0 Å². The van der Waals surface area contributed by atoms with Crippen molar-refractivity contribution in [1.29, 1.82) is 0 Å². The van der Waals surface area contributed by atoms with E-state index >= 15 is 0 Å². The van der Waals surface area contributed by atoms with Crippen LogP contribution in [0.4, 0.5) is 0 Å². The lowest BCUT2D eigenvalue weighted by Gasteiger charge is -2.42. The van der Waals surface area contributed by atoms with Gasteiger partial charge < -0.3 is 14.2 Å². The number of ether oxygens (including phenoxy) is 3. The minimum Gasteiger partial charge on any atom is -0.467 e. The van der Waals surface area contributed by atoms with Crippen molar-refractivity contribution in [1.82, 2.24) is 0 Å². The SMILES string of the molecule is COCCOCOc1cc(S(=O)(=O)C=C(Cl)Cl)cc2c1C(C)(C)CCC2(C)C. The van der Waals surface area contributed by atoms with Crippen molar-refractivity contribution in [3.8, 4) is 5.75 Å². The summed E-state index contributed by atoms with van der Waals surface area (Å²) in [6.45, 7) is 9.35. The Morgan fingerprint density at radius 2 is 1.75 bits per heavy atom. The molecule has 0 aliphatic heterocycles. The van der Waals surface area contributed by atoms with E-state index in [0.717, 1.165) is 29.4 Å². The third kappa shape index (κ3) is 5.42. The molecule has 1 aromatic carbocycles. The maximum atomic E-state index is 12.7. The summed E-state index contributed by atoms with van der Waals surface area (Å²) in [7, 11) is -2.22. The molecule has 0 unspecified atom stereocenters. The van der Waals surface area contributed by atoms with Crippen molar-refractivity contribution in [2.45, 2.75) is 56.3 Å². The number of hydrogen-bond donors (Lipinski definition) is 0. The molecule has 1 aromatic rings. The van der Waals surface area contributed by atoms with Crippen molar-refractivity contribution >= 4 is 33.0 Å². The van der Waals surface area contributed by atoms with Gasteiger partial charge in [0.05, 0.1) is 23.5 Å². The van der Waals surface area contributed by atoms with Gasteiger partial charge in [-0.15, -0.1) is 0 Å². The van der Waals surface area contributed by atoms with Crippen LogP contribution in [0.25, 0.3) is 0 Å². The van der Waals surface area contributed by atoms with Crippen LogP contribution in [-0.4, -0.2) is 35.5 Å². The summed E-state index contributed by atoms with van der Waals surface area (Å²) in [4.78, 5) is 0.0997. The summed E-state index contributed by atoms with van der Waals surface area (Å²) in [5.41, 5.74) is 1.62. The van der Waals surface area contributed by atoms with Crippen LogP contribution in [0.5, 0.6) is 5.75 Å². The van der Waals surface area contributed by atoms with Gasteiger partial charge >= 0.3 is 0 Å². The van der Waals surface area contributed by atoms with E-state index in [0.29, 0.717) is 19.0 Å². The summed E-state index contributed by atoms with van der Waals surface area (Å²) >= 11 is 11.2. The highest BCUT2D eigenvalue weighted by atomic mass is 35.5. The van der Waals surface area contributed by atoms with Gasteiger partial charge in [0.15, 0.2) is 6.79 Å². The normalized spacial score (nSPS) is 17.7. The fourth-order valence-electron chi connectivity index (χ4n) is 3.48. The summed E-state index contributed by atoms with van der Waals surface area (Å²) in [5, 5.41) is 0.845. The first kappa shape index (κ1) is 23.5. The van der Waals surface area contributed by atoms with Crippen molar-refractivity contribution in [3.63, 3.8) is 0 Å². The Morgan fingerprint density at radius 3 is 2.36 bits per heavy atom. The number of methoxy groups -OCH3 is 1. The Bertz CT molecular complexity index is 840. The molecule has 0 amide bonds. The van der Waals surface area contributed by atoms with Gasteiger partial charge in [-0.05, 0) is 41.4 Å². The second kappa shape index (κ2) is 8.92. The van der Waals surface area contributed by atoms with Gasteiger partial charge in [-0.3, -0.25) is 0 Å². The summed E-state index contributed by atoms with van der Waals surface area (Å²) in [6.07, 6.45) is 1.90. The Morgan fingerprint density at radius 1 is 1.11 bits per heavy atom. The molecule has 0 fully saturated rings. The number of fused-ring (bicyclic) bond motifs is 1. The molecule has 5 nitrogen and oxygen atoms in total. The van der Waals surface area contributed by atoms with Crippen LogP contribution < -0.4 is 4.74 Å². The highest BCUT2D eigenvalue weighted by Gasteiger charge is 2.40. The highest BCUT2D eigenvalue weighted by molar-refractivity contribution is 7.94. The number of benzene rings is 1. The minimum atomic E-state index is -3.81. The van der Waals surface area contributed by atoms with E-state index in [9.17, 15) is 8.42 Å². The number of halogens is 2. The molecule has 0 aromatic heterocycles. The third-order valence-corrected chi connectivity index (χ3v) is 7.07. The first-order valence-electron chi connectivity index (χ1n) is 9.07. The van der Waals surface area contributed by atoms with E-state index in [1.54, 1.807) is 13.2 Å². The Hall–Kier alpha value is -0.790. The van der Waals surface area contributed by atoms with Gasteiger partial charge in [-0.25, -0.2) is 8.42 Å². The Labute approximate surface area is 177 Å². The highest BCUT2D eigenvalue weighted by Crippen LogP contribution is 2.50. The van der Waals surface area contributed by atoms with Gasteiger partial charge in [-0.1, -0.05) is 50.9 Å². The molecule has 1 aliphatic carbocycles. The molecule has 2 rings (SSSR count). The van der Waals surface area contributed by atoms with E-state index < -0.39 is 9.84 Å². The van der Waals surface area contributed by atoms with Gasteiger partial charge in [-0.2, -0.15) is 0 Å². The predicted octanol–water partition coefficient (Wildman–Crippen LogP) is 5.09. The molecule has 1 aliphatic rings. The van der Waals surface area contributed by atoms with Crippen LogP contribution >= 0.6 is 23.2 Å². The van der Waals surface area contributed by atoms with Crippen molar-refractivity contribution in [3.05, 3.63) is 33.2 Å². The second-order valence-electron chi connectivity index (χ2n) is 8.23.